The maximum absolute atomic E-state index is 12.4. The van der Waals surface area contributed by atoms with E-state index in [0.29, 0.717) is 29.7 Å². The van der Waals surface area contributed by atoms with Gasteiger partial charge in [0.15, 0.2) is 0 Å². The minimum atomic E-state index is -0.434. The molecule has 1 aliphatic rings. The first-order valence-corrected chi connectivity index (χ1v) is 8.64. The van der Waals surface area contributed by atoms with Crippen molar-refractivity contribution in [2.24, 2.45) is 5.41 Å². The molecule has 2 rings (SSSR count). The molecule has 0 bridgehead atoms. The lowest BCUT2D eigenvalue weighted by Gasteiger charge is -2.26. The summed E-state index contributed by atoms with van der Waals surface area (Å²) in [5.74, 6) is 1.83. The first-order chi connectivity index (χ1) is 10.8. The Morgan fingerprint density at radius 1 is 1.48 bits per heavy atom. The van der Waals surface area contributed by atoms with Crippen molar-refractivity contribution in [2.45, 2.75) is 39.8 Å². The van der Waals surface area contributed by atoms with Crippen molar-refractivity contribution in [1.29, 1.82) is 0 Å². The smallest absolute Gasteiger partial charge is 0.244 e. The Morgan fingerprint density at radius 2 is 2.22 bits per heavy atom. The SMILES string of the molecule is CC(C)(C)CC(=O)N1CSC[C@H]1C(=O)NCc1nccc(N)n1. The van der Waals surface area contributed by atoms with E-state index in [2.05, 4.69) is 15.3 Å². The lowest BCUT2D eigenvalue weighted by Crippen LogP contribution is -2.47. The first kappa shape index (κ1) is 17.5. The molecule has 23 heavy (non-hydrogen) atoms. The van der Waals surface area contributed by atoms with E-state index in [0.717, 1.165) is 0 Å². The van der Waals surface area contributed by atoms with Crippen LogP contribution in [0.25, 0.3) is 0 Å². The van der Waals surface area contributed by atoms with E-state index in [4.69, 9.17) is 5.73 Å². The molecule has 0 aromatic carbocycles. The number of nitrogen functional groups attached to an aromatic ring is 1. The highest BCUT2D eigenvalue weighted by molar-refractivity contribution is 7.99. The molecule has 0 radical (unpaired) electrons. The van der Waals surface area contributed by atoms with Gasteiger partial charge in [0.25, 0.3) is 0 Å². The lowest BCUT2D eigenvalue weighted by molar-refractivity contribution is -0.139. The summed E-state index contributed by atoms with van der Waals surface area (Å²) in [5, 5.41) is 2.79. The average molecular weight is 337 g/mol. The molecular weight excluding hydrogens is 314 g/mol. The number of amides is 2. The van der Waals surface area contributed by atoms with Gasteiger partial charge in [-0.05, 0) is 11.5 Å². The standard InChI is InChI=1S/C15H23N5O2S/c1-15(2,3)6-13(21)20-9-23-8-10(20)14(22)18-7-12-17-5-4-11(16)19-12/h4-5,10H,6-9H2,1-3H3,(H,18,22)(H2,16,17,19)/t10-/m0/s1. The second kappa shape index (κ2) is 7.16. The lowest BCUT2D eigenvalue weighted by atomic mass is 9.91. The van der Waals surface area contributed by atoms with Gasteiger partial charge in [0.1, 0.15) is 17.7 Å². The maximum atomic E-state index is 12.4. The normalized spacial score (nSPS) is 18.0. The van der Waals surface area contributed by atoms with Crippen molar-refractivity contribution in [2.75, 3.05) is 17.4 Å². The van der Waals surface area contributed by atoms with Crippen LogP contribution >= 0.6 is 11.8 Å². The van der Waals surface area contributed by atoms with E-state index < -0.39 is 6.04 Å². The van der Waals surface area contributed by atoms with Crippen molar-refractivity contribution < 1.29 is 9.59 Å². The van der Waals surface area contributed by atoms with E-state index in [1.54, 1.807) is 28.9 Å². The molecule has 1 aromatic rings. The van der Waals surface area contributed by atoms with Gasteiger partial charge in [0.05, 0.1) is 12.4 Å². The third kappa shape index (κ3) is 5.09. The molecular formula is C15H23N5O2S. The highest BCUT2D eigenvalue weighted by Gasteiger charge is 2.35. The van der Waals surface area contributed by atoms with Gasteiger partial charge in [-0.15, -0.1) is 11.8 Å². The number of carbonyl (C=O) groups is 2. The van der Waals surface area contributed by atoms with Gasteiger partial charge < -0.3 is 16.0 Å². The van der Waals surface area contributed by atoms with Crippen molar-refractivity contribution >= 4 is 29.4 Å². The fraction of sp³-hybridized carbons (Fsp3) is 0.600. The van der Waals surface area contributed by atoms with Crippen LogP contribution in [-0.2, 0) is 16.1 Å². The van der Waals surface area contributed by atoms with E-state index in [9.17, 15) is 9.59 Å². The van der Waals surface area contributed by atoms with Crippen LogP contribution in [0, 0.1) is 5.41 Å². The number of nitrogens with two attached hydrogens (primary N) is 1. The van der Waals surface area contributed by atoms with Crippen LogP contribution < -0.4 is 11.1 Å². The Balaban J connectivity index is 1.94. The Kier molecular flexibility index (Phi) is 5.46. The molecule has 7 nitrogen and oxygen atoms in total. The Hall–Kier alpha value is -1.83. The summed E-state index contributed by atoms with van der Waals surface area (Å²) < 4.78 is 0. The number of anilines is 1. The summed E-state index contributed by atoms with van der Waals surface area (Å²) in [6.45, 7) is 6.24. The van der Waals surface area contributed by atoms with E-state index in [-0.39, 0.29) is 23.8 Å². The zero-order valence-corrected chi connectivity index (χ0v) is 14.5. The maximum Gasteiger partial charge on any atom is 0.244 e. The van der Waals surface area contributed by atoms with Crippen molar-refractivity contribution in [3.63, 3.8) is 0 Å². The second-order valence-electron chi connectivity index (χ2n) is 6.73. The van der Waals surface area contributed by atoms with Gasteiger partial charge >= 0.3 is 0 Å². The number of hydrogen-bond donors (Lipinski definition) is 2. The van der Waals surface area contributed by atoms with Crippen LogP contribution in [0.5, 0.6) is 0 Å². The summed E-state index contributed by atoms with van der Waals surface area (Å²) in [6.07, 6.45) is 1.98. The number of nitrogens with zero attached hydrogens (tertiary/aromatic N) is 3. The molecule has 0 spiro atoms. The zero-order valence-electron chi connectivity index (χ0n) is 13.7. The topological polar surface area (TPSA) is 101 Å². The third-order valence-corrected chi connectivity index (χ3v) is 4.35. The zero-order chi connectivity index (χ0) is 17.0. The summed E-state index contributed by atoms with van der Waals surface area (Å²) in [4.78, 5) is 34.5. The summed E-state index contributed by atoms with van der Waals surface area (Å²) >= 11 is 1.59. The van der Waals surface area contributed by atoms with Gasteiger partial charge in [-0.3, -0.25) is 9.59 Å². The fourth-order valence-corrected chi connectivity index (χ4v) is 3.43. The molecule has 2 heterocycles. The van der Waals surface area contributed by atoms with E-state index >= 15 is 0 Å². The molecule has 3 N–H and O–H groups in total. The van der Waals surface area contributed by atoms with Crippen LogP contribution in [0.15, 0.2) is 12.3 Å². The van der Waals surface area contributed by atoms with Crippen LogP contribution in [-0.4, -0.2) is 44.4 Å². The first-order valence-electron chi connectivity index (χ1n) is 7.48. The largest absolute Gasteiger partial charge is 0.384 e. The highest BCUT2D eigenvalue weighted by Crippen LogP contribution is 2.26. The molecule has 1 atom stereocenters. The Labute approximate surface area is 140 Å². The van der Waals surface area contributed by atoms with Gasteiger partial charge in [0.2, 0.25) is 11.8 Å². The monoisotopic (exact) mass is 337 g/mol. The van der Waals surface area contributed by atoms with Gasteiger partial charge in [-0.25, -0.2) is 9.97 Å². The van der Waals surface area contributed by atoms with E-state index in [1.165, 1.54) is 0 Å². The number of carbonyl (C=O) groups excluding carboxylic acids is 2. The summed E-state index contributed by atoms with van der Waals surface area (Å²) in [7, 11) is 0. The molecule has 0 saturated carbocycles. The molecule has 2 amide bonds. The van der Waals surface area contributed by atoms with Crippen LogP contribution in [0.3, 0.4) is 0 Å². The highest BCUT2D eigenvalue weighted by atomic mass is 32.2. The van der Waals surface area contributed by atoms with Crippen LogP contribution in [0.2, 0.25) is 0 Å². The predicted octanol–water partition coefficient (Wildman–Crippen LogP) is 1.01. The fourth-order valence-electron chi connectivity index (χ4n) is 2.24. The minimum Gasteiger partial charge on any atom is -0.384 e. The average Bonchev–Trinajstić information content (AvgIpc) is 2.92. The predicted molar refractivity (Wildman–Crippen MR) is 90.3 cm³/mol. The third-order valence-electron chi connectivity index (χ3n) is 3.33. The Bertz CT molecular complexity index is 587. The van der Waals surface area contributed by atoms with Crippen molar-refractivity contribution in [3.05, 3.63) is 18.1 Å². The van der Waals surface area contributed by atoms with Crippen LogP contribution in [0.4, 0.5) is 5.82 Å². The van der Waals surface area contributed by atoms with Gasteiger partial charge in [-0.1, -0.05) is 20.8 Å². The molecule has 0 unspecified atom stereocenters. The minimum absolute atomic E-state index is 0.0165. The number of aromatic nitrogens is 2. The number of thioether (sulfide) groups is 1. The number of nitrogens with one attached hydrogen (secondary N) is 1. The number of rotatable bonds is 4. The molecule has 8 heteroatoms. The molecule has 1 aromatic heterocycles. The van der Waals surface area contributed by atoms with Gasteiger partial charge in [0, 0.05) is 18.4 Å². The van der Waals surface area contributed by atoms with E-state index in [1.807, 2.05) is 20.8 Å². The molecule has 1 aliphatic heterocycles. The summed E-state index contributed by atoms with van der Waals surface area (Å²) in [5.41, 5.74) is 5.49. The van der Waals surface area contributed by atoms with Crippen molar-refractivity contribution in [1.82, 2.24) is 20.2 Å². The molecule has 126 valence electrons. The second-order valence-corrected chi connectivity index (χ2v) is 7.73. The van der Waals surface area contributed by atoms with Crippen LogP contribution in [0.1, 0.15) is 33.0 Å². The molecule has 1 fully saturated rings. The Morgan fingerprint density at radius 3 is 2.87 bits per heavy atom. The number of hydrogen-bond acceptors (Lipinski definition) is 6. The van der Waals surface area contributed by atoms with Gasteiger partial charge in [-0.2, -0.15) is 0 Å². The molecule has 0 aliphatic carbocycles. The summed E-state index contributed by atoms with van der Waals surface area (Å²) in [6, 6.07) is 1.15. The quantitative estimate of drug-likeness (QED) is 0.850. The van der Waals surface area contributed by atoms with Crippen molar-refractivity contribution in [3.8, 4) is 0 Å². The molecule has 1 saturated heterocycles.